The highest BCUT2D eigenvalue weighted by Gasteiger charge is 2.30. The van der Waals surface area contributed by atoms with Crippen LogP contribution in [0.2, 0.25) is 0 Å². The number of rotatable bonds is 3. The molecule has 0 spiro atoms. The zero-order chi connectivity index (χ0) is 15.0. The summed E-state index contributed by atoms with van der Waals surface area (Å²) in [6.45, 7) is 0. The van der Waals surface area contributed by atoms with Crippen molar-refractivity contribution in [1.82, 2.24) is 0 Å². The summed E-state index contributed by atoms with van der Waals surface area (Å²) >= 11 is 2.93. The Morgan fingerprint density at radius 1 is 1.10 bits per heavy atom. The highest BCUT2D eigenvalue weighted by Crippen LogP contribution is 2.32. The molecule has 1 aromatic carbocycles. The number of ketones is 1. The maximum Gasteiger partial charge on any atom is 0.416 e. The van der Waals surface area contributed by atoms with Crippen LogP contribution in [-0.4, -0.2) is 5.78 Å². The van der Waals surface area contributed by atoms with E-state index in [1.54, 1.807) is 23.5 Å². The second kappa shape index (κ2) is 5.27. The van der Waals surface area contributed by atoms with E-state index in [1.165, 1.54) is 17.4 Å². The summed E-state index contributed by atoms with van der Waals surface area (Å²) in [4.78, 5) is 12.8. The fourth-order valence-corrected chi connectivity index (χ4v) is 4.08. The first kappa shape index (κ1) is 14.3. The third kappa shape index (κ3) is 3.01. The molecule has 0 atom stereocenters. The lowest BCUT2D eigenvalue weighted by molar-refractivity contribution is -0.137. The summed E-state index contributed by atoms with van der Waals surface area (Å²) in [5, 5.41) is 1.95. The molecule has 0 aliphatic carbocycles. The minimum atomic E-state index is -4.38. The van der Waals surface area contributed by atoms with E-state index in [0.717, 1.165) is 21.5 Å². The van der Waals surface area contributed by atoms with Gasteiger partial charge in [-0.25, -0.2) is 0 Å². The molecule has 0 aliphatic rings. The lowest BCUT2D eigenvalue weighted by Gasteiger charge is -2.08. The van der Waals surface area contributed by atoms with Crippen molar-refractivity contribution >= 4 is 37.9 Å². The molecule has 0 aliphatic heterocycles. The van der Waals surface area contributed by atoms with Crippen LogP contribution in [0.3, 0.4) is 0 Å². The first-order valence-electron chi connectivity index (χ1n) is 6.10. The smallest absolute Gasteiger partial charge is 0.293 e. The van der Waals surface area contributed by atoms with E-state index in [4.69, 9.17) is 0 Å². The number of fused-ring (bicyclic) bond motifs is 1. The Balaban J connectivity index is 1.83. The highest BCUT2D eigenvalue weighted by molar-refractivity contribution is 7.27. The predicted molar refractivity (Wildman–Crippen MR) is 79.2 cm³/mol. The van der Waals surface area contributed by atoms with E-state index in [9.17, 15) is 18.0 Å². The third-order valence-electron chi connectivity index (χ3n) is 3.03. The van der Waals surface area contributed by atoms with Crippen LogP contribution in [0.5, 0.6) is 0 Å². The molecule has 0 saturated carbocycles. The van der Waals surface area contributed by atoms with E-state index >= 15 is 0 Å². The first-order chi connectivity index (χ1) is 9.93. The Labute approximate surface area is 126 Å². The van der Waals surface area contributed by atoms with Gasteiger partial charge in [-0.2, -0.15) is 13.2 Å². The fraction of sp³-hybridized carbons (Fsp3) is 0.133. The zero-order valence-electron chi connectivity index (χ0n) is 10.6. The second-order valence-corrected chi connectivity index (χ2v) is 6.59. The number of alkyl halides is 3. The van der Waals surface area contributed by atoms with Crippen LogP contribution in [0, 0.1) is 0 Å². The van der Waals surface area contributed by atoms with Gasteiger partial charge in [0.2, 0.25) is 0 Å². The molecular formula is C15H9F3OS2. The van der Waals surface area contributed by atoms with Gasteiger partial charge in [-0.15, -0.1) is 22.7 Å². The van der Waals surface area contributed by atoms with E-state index in [0.29, 0.717) is 10.4 Å². The van der Waals surface area contributed by atoms with Gasteiger partial charge >= 0.3 is 6.18 Å². The van der Waals surface area contributed by atoms with Gasteiger partial charge in [0.25, 0.3) is 0 Å². The molecule has 2 aromatic heterocycles. The van der Waals surface area contributed by atoms with E-state index < -0.39 is 11.7 Å². The SMILES string of the molecule is O=C(Cc1cccc(C(F)(F)F)c1)c1cc2sccc2s1. The normalized spacial score (nSPS) is 12.0. The van der Waals surface area contributed by atoms with Crippen molar-refractivity contribution < 1.29 is 18.0 Å². The number of thiophene rings is 2. The molecule has 2 heterocycles. The van der Waals surface area contributed by atoms with E-state index in [1.807, 2.05) is 11.4 Å². The summed E-state index contributed by atoms with van der Waals surface area (Å²) < 4.78 is 40.0. The van der Waals surface area contributed by atoms with Gasteiger partial charge in [-0.05, 0) is 29.1 Å². The molecule has 0 unspecified atom stereocenters. The zero-order valence-corrected chi connectivity index (χ0v) is 12.2. The summed E-state index contributed by atoms with van der Waals surface area (Å²) in [5.41, 5.74) is -0.341. The number of hydrogen-bond donors (Lipinski definition) is 0. The number of halogens is 3. The molecule has 0 fully saturated rings. The molecule has 108 valence electrons. The van der Waals surface area contributed by atoms with Gasteiger partial charge in [0.15, 0.2) is 5.78 Å². The van der Waals surface area contributed by atoms with Crippen molar-refractivity contribution in [3.05, 3.63) is 57.8 Å². The maximum atomic E-state index is 12.6. The van der Waals surface area contributed by atoms with Crippen molar-refractivity contribution in [2.75, 3.05) is 0 Å². The number of carbonyl (C=O) groups is 1. The fourth-order valence-electron chi connectivity index (χ4n) is 2.03. The summed E-state index contributed by atoms with van der Waals surface area (Å²) in [6, 6.07) is 8.66. The molecule has 3 aromatic rings. The van der Waals surface area contributed by atoms with Gasteiger partial charge < -0.3 is 0 Å². The number of benzene rings is 1. The van der Waals surface area contributed by atoms with E-state index in [-0.39, 0.29) is 12.2 Å². The molecule has 0 saturated heterocycles. The largest absolute Gasteiger partial charge is 0.416 e. The first-order valence-corrected chi connectivity index (χ1v) is 7.79. The topological polar surface area (TPSA) is 17.1 Å². The van der Waals surface area contributed by atoms with Gasteiger partial charge in [0.1, 0.15) is 0 Å². The van der Waals surface area contributed by atoms with Crippen molar-refractivity contribution in [3.63, 3.8) is 0 Å². The minimum Gasteiger partial charge on any atom is -0.293 e. The van der Waals surface area contributed by atoms with Crippen LogP contribution in [0.4, 0.5) is 13.2 Å². The van der Waals surface area contributed by atoms with Gasteiger partial charge in [-0.1, -0.05) is 18.2 Å². The molecule has 0 bridgehead atoms. The van der Waals surface area contributed by atoms with Gasteiger partial charge in [0.05, 0.1) is 10.4 Å². The van der Waals surface area contributed by atoms with Crippen LogP contribution in [0.15, 0.2) is 41.8 Å². The van der Waals surface area contributed by atoms with Crippen LogP contribution in [-0.2, 0) is 12.6 Å². The second-order valence-electron chi connectivity index (χ2n) is 4.56. The summed E-state index contributed by atoms with van der Waals surface area (Å²) in [5.74, 6) is -0.150. The van der Waals surface area contributed by atoms with E-state index in [2.05, 4.69) is 0 Å². The van der Waals surface area contributed by atoms with Crippen LogP contribution >= 0.6 is 22.7 Å². The van der Waals surface area contributed by atoms with Crippen LogP contribution in [0.1, 0.15) is 20.8 Å². The Bertz CT molecular complexity index is 770. The van der Waals surface area contributed by atoms with Crippen molar-refractivity contribution in [2.24, 2.45) is 0 Å². The summed E-state index contributed by atoms with van der Waals surface area (Å²) in [7, 11) is 0. The summed E-state index contributed by atoms with van der Waals surface area (Å²) in [6.07, 6.45) is -4.40. The Kier molecular flexibility index (Phi) is 3.59. The van der Waals surface area contributed by atoms with Crippen molar-refractivity contribution in [1.29, 1.82) is 0 Å². The molecule has 3 rings (SSSR count). The number of carbonyl (C=O) groups excluding carboxylic acids is 1. The van der Waals surface area contributed by atoms with Crippen molar-refractivity contribution in [2.45, 2.75) is 12.6 Å². The Morgan fingerprint density at radius 3 is 2.62 bits per heavy atom. The van der Waals surface area contributed by atoms with Crippen LogP contribution < -0.4 is 0 Å². The predicted octanol–water partition coefficient (Wildman–Crippen LogP) is 5.41. The van der Waals surface area contributed by atoms with Crippen molar-refractivity contribution in [3.8, 4) is 0 Å². The van der Waals surface area contributed by atoms with Gasteiger partial charge in [0, 0.05) is 15.8 Å². The average Bonchev–Trinajstić information content (AvgIpc) is 2.98. The quantitative estimate of drug-likeness (QED) is 0.588. The minimum absolute atomic E-state index is 0.0162. The molecular weight excluding hydrogens is 317 g/mol. The lowest BCUT2D eigenvalue weighted by atomic mass is 10.0. The number of Topliss-reactive ketones (excluding diaryl/α,β-unsaturated/α-hetero) is 1. The molecule has 21 heavy (non-hydrogen) atoms. The molecule has 6 heteroatoms. The highest BCUT2D eigenvalue weighted by atomic mass is 32.1. The Morgan fingerprint density at radius 2 is 1.90 bits per heavy atom. The standard InChI is InChI=1S/C15H9F3OS2/c16-15(17,18)10-3-1-2-9(6-10)7-11(19)13-8-14-12(21-13)4-5-20-14/h1-6,8H,7H2. The monoisotopic (exact) mass is 326 g/mol. The average molecular weight is 326 g/mol. The lowest BCUT2D eigenvalue weighted by Crippen LogP contribution is -2.07. The maximum absolute atomic E-state index is 12.6. The Hall–Kier alpha value is -1.66. The molecule has 0 radical (unpaired) electrons. The third-order valence-corrected chi connectivity index (χ3v) is 5.17. The molecule has 1 nitrogen and oxygen atoms in total. The number of hydrogen-bond acceptors (Lipinski definition) is 3. The van der Waals surface area contributed by atoms with Crippen LogP contribution in [0.25, 0.3) is 9.40 Å². The molecule has 0 N–H and O–H groups in total. The van der Waals surface area contributed by atoms with Gasteiger partial charge in [-0.3, -0.25) is 4.79 Å². The molecule has 0 amide bonds.